The molecule has 2 aromatic heterocycles. The van der Waals surface area contributed by atoms with E-state index in [4.69, 9.17) is 19.5 Å². The number of halogens is 3. The van der Waals surface area contributed by atoms with Gasteiger partial charge < -0.3 is 25.8 Å². The van der Waals surface area contributed by atoms with E-state index in [1.54, 1.807) is 13.8 Å². The molecule has 3 aromatic rings. The van der Waals surface area contributed by atoms with Crippen LogP contribution in [0, 0.1) is 5.41 Å². The van der Waals surface area contributed by atoms with E-state index < -0.39 is 61.1 Å². The second-order valence-corrected chi connectivity index (χ2v) is 14.2. The normalized spacial score (nSPS) is 23.5. The number of ether oxygens (including phenoxy) is 1. The van der Waals surface area contributed by atoms with Crippen molar-refractivity contribution in [2.75, 3.05) is 31.3 Å². The maximum atomic E-state index is 13.7. The summed E-state index contributed by atoms with van der Waals surface area (Å²) in [5.41, 5.74) is 1.27. The third-order valence-electron chi connectivity index (χ3n) is 7.15. The summed E-state index contributed by atoms with van der Waals surface area (Å²) in [4.78, 5) is 34.8. The molecule has 46 heavy (non-hydrogen) atoms. The molecule has 20 heteroatoms. The number of nitrogens with one attached hydrogen (secondary N) is 2. The van der Waals surface area contributed by atoms with Gasteiger partial charge in [0.05, 0.1) is 37.1 Å². The third kappa shape index (κ3) is 7.98. The molecule has 7 N–H and O–H groups in total. The number of carbonyl (C=O) groups excluding carboxylic acids is 1. The Labute approximate surface area is 264 Å². The number of hydrogen-bond acceptors (Lipinski definition) is 13. The van der Waals surface area contributed by atoms with E-state index in [0.29, 0.717) is 5.56 Å². The Bertz CT molecular complexity index is 1650. The van der Waals surface area contributed by atoms with Gasteiger partial charge >= 0.3 is 13.9 Å². The topological polar surface area (TPSA) is 224 Å². The molecule has 1 aliphatic rings. The lowest BCUT2D eigenvalue weighted by Gasteiger charge is -2.27. The molecule has 0 spiro atoms. The van der Waals surface area contributed by atoms with Crippen molar-refractivity contribution >= 4 is 41.7 Å². The van der Waals surface area contributed by atoms with Crippen LogP contribution in [-0.4, -0.2) is 83.3 Å². The van der Waals surface area contributed by atoms with Crippen molar-refractivity contribution in [1.82, 2.24) is 24.6 Å². The standard InChI is InChI=1S/C26H34F3N6O9PS/c1-24(2,12-36)22(39)46-9-8-42-45(41,32-10-14-4-6-15(7-5-14)26(27,28)29)43-11-16-18(37)25(3,40)21(44-16)35-13-31-17-19(35)33-23(30)34-20(17)38/h4-7,13,16,18,21,36-37,40H,8-12H2,1-3H3,(H,32,41)(H3,30,33,34,38)/t16?,18-,21-,25-,45?/m1/s1. The minimum atomic E-state index is -4.55. The Kier molecular flexibility index (Phi) is 10.7. The average molecular weight is 695 g/mol. The number of anilines is 1. The molecule has 1 aromatic carbocycles. The Morgan fingerprint density at radius 3 is 2.59 bits per heavy atom. The number of nitrogen functional groups attached to an aromatic ring is 1. The predicted molar refractivity (Wildman–Crippen MR) is 159 cm³/mol. The number of aromatic amines is 1. The van der Waals surface area contributed by atoms with Gasteiger partial charge in [-0.05, 0) is 38.5 Å². The van der Waals surface area contributed by atoms with Gasteiger partial charge in [0.15, 0.2) is 22.5 Å². The lowest BCUT2D eigenvalue weighted by atomic mass is 9.96. The first-order valence-electron chi connectivity index (χ1n) is 13.7. The quantitative estimate of drug-likeness (QED) is 0.111. The van der Waals surface area contributed by atoms with Crippen LogP contribution >= 0.6 is 19.5 Å². The number of aromatic nitrogens is 4. The zero-order chi connectivity index (χ0) is 34.1. The van der Waals surface area contributed by atoms with Crippen molar-refractivity contribution in [3.05, 3.63) is 52.1 Å². The van der Waals surface area contributed by atoms with Crippen LogP contribution in [0.4, 0.5) is 19.1 Å². The monoisotopic (exact) mass is 694 g/mol. The SMILES string of the molecule is CC(C)(CO)C(=O)SCCOP(=O)(NCc1ccc(C(F)(F)F)cc1)OCC1O[C@@H](n2cnc3c(=O)[nH]c(N)nc32)[C@](C)(O)[C@@H]1O. The largest absolute Gasteiger partial charge is 0.416 e. The fraction of sp³-hybridized carbons (Fsp3) is 0.538. The third-order valence-corrected chi connectivity index (χ3v) is 9.89. The summed E-state index contributed by atoms with van der Waals surface area (Å²) in [5, 5.41) is 33.7. The minimum absolute atomic E-state index is 0.0138. The number of H-pyrrole nitrogens is 1. The fourth-order valence-corrected chi connectivity index (χ4v) is 6.58. The van der Waals surface area contributed by atoms with Crippen LogP contribution in [0.5, 0.6) is 0 Å². The average Bonchev–Trinajstić information content (AvgIpc) is 3.50. The lowest BCUT2D eigenvalue weighted by Crippen LogP contribution is -2.44. The second kappa shape index (κ2) is 13.7. The smallest absolute Gasteiger partial charge is 0.395 e. The van der Waals surface area contributed by atoms with Crippen molar-refractivity contribution in [3.8, 4) is 0 Å². The summed E-state index contributed by atoms with van der Waals surface area (Å²) in [5.74, 6) is -0.214. The number of alkyl halides is 3. The molecule has 0 saturated carbocycles. The zero-order valence-corrected chi connectivity index (χ0v) is 26.6. The maximum Gasteiger partial charge on any atom is 0.416 e. The van der Waals surface area contributed by atoms with E-state index in [2.05, 4.69) is 20.0 Å². The van der Waals surface area contributed by atoms with E-state index in [1.165, 1.54) is 23.6 Å². The van der Waals surface area contributed by atoms with Gasteiger partial charge in [-0.2, -0.15) is 18.2 Å². The number of imidazole rings is 1. The van der Waals surface area contributed by atoms with Gasteiger partial charge in [0.1, 0.15) is 17.8 Å². The first-order chi connectivity index (χ1) is 21.4. The highest BCUT2D eigenvalue weighted by Crippen LogP contribution is 2.47. The van der Waals surface area contributed by atoms with E-state index in [1.807, 2.05) is 0 Å². The van der Waals surface area contributed by atoms with Gasteiger partial charge in [-0.15, -0.1) is 0 Å². The summed E-state index contributed by atoms with van der Waals surface area (Å²) in [6, 6.07) is 4.07. The van der Waals surface area contributed by atoms with Gasteiger partial charge in [0, 0.05) is 12.3 Å². The molecule has 1 aliphatic heterocycles. The summed E-state index contributed by atoms with van der Waals surface area (Å²) in [6.45, 7) is 2.81. The Morgan fingerprint density at radius 2 is 1.96 bits per heavy atom. The number of fused-ring (bicyclic) bond motifs is 1. The number of hydrogen-bond donors (Lipinski definition) is 6. The molecule has 0 radical (unpaired) electrons. The Hall–Kier alpha value is -2.87. The Balaban J connectivity index is 1.48. The van der Waals surface area contributed by atoms with E-state index >= 15 is 0 Å². The van der Waals surface area contributed by atoms with Gasteiger partial charge in [-0.1, -0.05) is 23.9 Å². The zero-order valence-electron chi connectivity index (χ0n) is 24.9. The van der Waals surface area contributed by atoms with Crippen molar-refractivity contribution in [1.29, 1.82) is 0 Å². The summed E-state index contributed by atoms with van der Waals surface area (Å²) in [6.07, 6.45) is -7.68. The van der Waals surface area contributed by atoms with E-state index in [-0.39, 0.29) is 47.7 Å². The van der Waals surface area contributed by atoms with Gasteiger partial charge in [0.25, 0.3) is 5.56 Å². The molecule has 5 atom stereocenters. The fourth-order valence-electron chi connectivity index (χ4n) is 4.34. The van der Waals surface area contributed by atoms with Crippen LogP contribution in [0.3, 0.4) is 0 Å². The highest BCUT2D eigenvalue weighted by Gasteiger charge is 2.54. The lowest BCUT2D eigenvalue weighted by molar-refractivity contribution is -0.137. The summed E-state index contributed by atoms with van der Waals surface area (Å²) in [7, 11) is -4.30. The highest BCUT2D eigenvalue weighted by molar-refractivity contribution is 8.13. The molecule has 0 amide bonds. The van der Waals surface area contributed by atoms with Crippen molar-refractivity contribution in [3.63, 3.8) is 0 Å². The summed E-state index contributed by atoms with van der Waals surface area (Å²) < 4.78 is 70.7. The summed E-state index contributed by atoms with van der Waals surface area (Å²) >= 11 is 0.831. The first-order valence-corrected chi connectivity index (χ1v) is 16.3. The molecule has 3 heterocycles. The number of carbonyl (C=O) groups is 1. The maximum absolute atomic E-state index is 13.7. The number of nitrogens with two attached hydrogens (primary N) is 1. The molecular weight excluding hydrogens is 660 g/mol. The van der Waals surface area contributed by atoms with Crippen molar-refractivity contribution < 1.29 is 51.6 Å². The van der Waals surface area contributed by atoms with Crippen LogP contribution < -0.4 is 16.4 Å². The molecule has 0 aliphatic carbocycles. The van der Waals surface area contributed by atoms with E-state index in [9.17, 15) is 42.6 Å². The minimum Gasteiger partial charge on any atom is -0.395 e. The van der Waals surface area contributed by atoms with Gasteiger partial charge in [-0.25, -0.2) is 14.6 Å². The van der Waals surface area contributed by atoms with Crippen LogP contribution in [0.25, 0.3) is 11.2 Å². The highest BCUT2D eigenvalue weighted by atomic mass is 32.2. The van der Waals surface area contributed by atoms with Gasteiger partial charge in [0.2, 0.25) is 5.95 Å². The second-order valence-electron chi connectivity index (χ2n) is 11.3. The first kappa shape index (κ1) is 36.0. The number of aliphatic hydroxyl groups is 3. The Morgan fingerprint density at radius 1 is 1.28 bits per heavy atom. The van der Waals surface area contributed by atoms with Gasteiger partial charge in [-0.3, -0.25) is 28.2 Å². The number of benzene rings is 1. The molecule has 15 nitrogen and oxygen atoms in total. The number of thioether (sulfide) groups is 1. The van der Waals surface area contributed by atoms with Crippen LogP contribution in [-0.2, 0) is 35.9 Å². The number of nitrogens with zero attached hydrogens (tertiary/aromatic N) is 3. The number of aliphatic hydroxyl groups excluding tert-OH is 2. The molecule has 4 rings (SSSR count). The molecule has 0 bridgehead atoms. The molecule has 2 unspecified atom stereocenters. The molecule has 254 valence electrons. The molecular formula is C26H34F3N6O9PS. The van der Waals surface area contributed by atoms with Crippen LogP contribution in [0.15, 0.2) is 35.4 Å². The molecule has 1 fully saturated rings. The predicted octanol–water partition coefficient (Wildman–Crippen LogP) is 1.94. The van der Waals surface area contributed by atoms with Crippen molar-refractivity contribution in [2.45, 2.75) is 57.5 Å². The van der Waals surface area contributed by atoms with Crippen LogP contribution in [0.1, 0.15) is 38.1 Å². The van der Waals surface area contributed by atoms with Crippen molar-refractivity contribution in [2.24, 2.45) is 5.41 Å². The number of rotatable bonds is 13. The van der Waals surface area contributed by atoms with Crippen LogP contribution in [0.2, 0.25) is 0 Å². The van der Waals surface area contributed by atoms with E-state index in [0.717, 1.165) is 30.2 Å². The molecule has 1 saturated heterocycles.